The van der Waals surface area contributed by atoms with E-state index in [0.29, 0.717) is 22.5 Å². The predicted molar refractivity (Wildman–Crippen MR) is 106 cm³/mol. The van der Waals surface area contributed by atoms with E-state index in [1.807, 2.05) is 43.3 Å². The molecule has 0 atom stereocenters. The summed E-state index contributed by atoms with van der Waals surface area (Å²) in [5.41, 5.74) is 2.82. The number of hydrogen-bond donors (Lipinski definition) is 1. The predicted octanol–water partition coefficient (Wildman–Crippen LogP) is 3.39. The Hall–Kier alpha value is -3.74. The topological polar surface area (TPSA) is 90.0 Å². The fourth-order valence-electron chi connectivity index (χ4n) is 3.08. The van der Waals surface area contributed by atoms with Crippen molar-refractivity contribution in [2.75, 3.05) is 5.32 Å². The van der Waals surface area contributed by atoms with Crippen LogP contribution in [0.15, 0.2) is 70.2 Å². The van der Waals surface area contributed by atoms with Crippen molar-refractivity contribution in [1.82, 2.24) is 14.7 Å². The Morgan fingerprint density at radius 1 is 1.11 bits per heavy atom. The Balaban J connectivity index is 1.49. The minimum Gasteiger partial charge on any atom is -0.337 e. The molecule has 0 spiro atoms. The van der Waals surface area contributed by atoms with Crippen LogP contribution in [-0.2, 0) is 11.3 Å². The second-order valence-electron chi connectivity index (χ2n) is 6.40. The molecule has 2 heterocycles. The van der Waals surface area contributed by atoms with Gasteiger partial charge in [-0.05, 0) is 24.6 Å². The van der Waals surface area contributed by atoms with Crippen LogP contribution in [0, 0.1) is 6.92 Å². The number of aryl methyl sites for hydroxylation is 2. The van der Waals surface area contributed by atoms with E-state index in [9.17, 15) is 9.59 Å². The molecule has 4 rings (SSSR count). The third kappa shape index (κ3) is 3.42. The van der Waals surface area contributed by atoms with Crippen molar-refractivity contribution in [1.29, 1.82) is 0 Å². The van der Waals surface area contributed by atoms with Gasteiger partial charge in [0.15, 0.2) is 0 Å². The van der Waals surface area contributed by atoms with Crippen LogP contribution in [0.4, 0.5) is 5.88 Å². The average Bonchev–Trinajstić information content (AvgIpc) is 3.08. The molecule has 28 heavy (non-hydrogen) atoms. The van der Waals surface area contributed by atoms with Gasteiger partial charge >= 0.3 is 0 Å². The van der Waals surface area contributed by atoms with Gasteiger partial charge in [-0.15, -0.1) is 0 Å². The maximum atomic E-state index is 12.5. The zero-order valence-corrected chi connectivity index (χ0v) is 15.3. The monoisotopic (exact) mass is 374 g/mol. The maximum absolute atomic E-state index is 12.5. The molecule has 7 heteroatoms. The highest BCUT2D eigenvalue weighted by Gasteiger charge is 2.17. The van der Waals surface area contributed by atoms with Crippen LogP contribution < -0.4 is 10.9 Å². The first-order valence-corrected chi connectivity index (χ1v) is 8.89. The molecule has 0 aliphatic rings. The zero-order valence-electron chi connectivity index (χ0n) is 15.3. The van der Waals surface area contributed by atoms with Crippen LogP contribution in [0.2, 0.25) is 0 Å². The normalized spacial score (nSPS) is 10.9. The number of amides is 1. The van der Waals surface area contributed by atoms with Crippen LogP contribution in [0.25, 0.3) is 22.0 Å². The standard InChI is InChI=1S/C21H18N4O3/c1-14-19(15-7-3-2-4-8-15)20(28-24-14)23-18(26)11-12-25-13-22-17-10-6-5-9-16(17)21(25)27/h2-10,13H,11-12H2,1H3,(H,23,26). The molecule has 2 aromatic heterocycles. The summed E-state index contributed by atoms with van der Waals surface area (Å²) >= 11 is 0. The first-order chi connectivity index (χ1) is 13.6. The quantitative estimate of drug-likeness (QED) is 0.578. The molecule has 0 radical (unpaired) electrons. The van der Waals surface area contributed by atoms with Crippen LogP contribution in [0.1, 0.15) is 12.1 Å². The second kappa shape index (κ2) is 7.48. The summed E-state index contributed by atoms with van der Waals surface area (Å²) in [6, 6.07) is 16.7. The molecule has 0 fully saturated rings. The molecule has 0 unspecified atom stereocenters. The van der Waals surface area contributed by atoms with Crippen molar-refractivity contribution < 1.29 is 9.32 Å². The number of nitrogens with one attached hydrogen (secondary N) is 1. The summed E-state index contributed by atoms with van der Waals surface area (Å²) in [7, 11) is 0. The molecular formula is C21H18N4O3. The summed E-state index contributed by atoms with van der Waals surface area (Å²) < 4.78 is 6.73. The lowest BCUT2D eigenvalue weighted by atomic mass is 10.1. The summed E-state index contributed by atoms with van der Waals surface area (Å²) in [5, 5.41) is 7.24. The number of fused-ring (bicyclic) bond motifs is 1. The fraction of sp³-hybridized carbons (Fsp3) is 0.143. The lowest BCUT2D eigenvalue weighted by Crippen LogP contribution is -2.23. The van der Waals surface area contributed by atoms with Crippen LogP contribution in [0.3, 0.4) is 0 Å². The van der Waals surface area contributed by atoms with Crippen molar-refractivity contribution in [3.63, 3.8) is 0 Å². The first-order valence-electron chi connectivity index (χ1n) is 8.89. The van der Waals surface area contributed by atoms with Gasteiger partial charge in [0.2, 0.25) is 11.8 Å². The van der Waals surface area contributed by atoms with E-state index >= 15 is 0 Å². The second-order valence-corrected chi connectivity index (χ2v) is 6.40. The fourth-order valence-corrected chi connectivity index (χ4v) is 3.08. The van der Waals surface area contributed by atoms with Gasteiger partial charge in [-0.3, -0.25) is 19.5 Å². The number of hydrogen-bond acceptors (Lipinski definition) is 5. The van der Waals surface area contributed by atoms with Gasteiger partial charge in [0.05, 0.1) is 28.5 Å². The van der Waals surface area contributed by atoms with Crippen molar-refractivity contribution in [2.45, 2.75) is 19.9 Å². The van der Waals surface area contributed by atoms with E-state index in [2.05, 4.69) is 15.5 Å². The Morgan fingerprint density at radius 2 is 1.86 bits per heavy atom. The maximum Gasteiger partial charge on any atom is 0.261 e. The number of carbonyl (C=O) groups is 1. The number of carbonyl (C=O) groups excluding carboxylic acids is 1. The lowest BCUT2D eigenvalue weighted by molar-refractivity contribution is -0.116. The zero-order chi connectivity index (χ0) is 19.5. The van der Waals surface area contributed by atoms with Gasteiger partial charge in [-0.2, -0.15) is 0 Å². The number of aromatic nitrogens is 3. The summed E-state index contributed by atoms with van der Waals surface area (Å²) in [4.78, 5) is 29.2. The van der Waals surface area contributed by atoms with E-state index in [4.69, 9.17) is 4.52 Å². The third-order valence-electron chi connectivity index (χ3n) is 4.49. The van der Waals surface area contributed by atoms with Gasteiger partial charge < -0.3 is 4.52 Å². The largest absolute Gasteiger partial charge is 0.337 e. The minimum atomic E-state index is -0.270. The molecule has 7 nitrogen and oxygen atoms in total. The van der Waals surface area contributed by atoms with Gasteiger partial charge in [0, 0.05) is 13.0 Å². The average molecular weight is 374 g/mol. The molecule has 0 bridgehead atoms. The number of rotatable bonds is 5. The SMILES string of the molecule is Cc1noc(NC(=O)CCn2cnc3ccccc3c2=O)c1-c1ccccc1. The van der Waals surface area contributed by atoms with Crippen molar-refractivity contribution in [3.05, 3.63) is 77.0 Å². The summed E-state index contributed by atoms with van der Waals surface area (Å²) in [6.45, 7) is 2.04. The van der Waals surface area contributed by atoms with E-state index in [1.54, 1.807) is 18.2 Å². The minimum absolute atomic E-state index is 0.105. The molecule has 4 aromatic rings. The van der Waals surface area contributed by atoms with Crippen molar-refractivity contribution in [2.24, 2.45) is 0 Å². The first kappa shape index (κ1) is 17.7. The molecule has 140 valence electrons. The molecule has 1 N–H and O–H groups in total. The summed E-state index contributed by atoms with van der Waals surface area (Å²) in [6.07, 6.45) is 1.57. The van der Waals surface area contributed by atoms with Gasteiger partial charge in [0.25, 0.3) is 5.56 Å². The van der Waals surface area contributed by atoms with Crippen LogP contribution in [-0.4, -0.2) is 20.6 Å². The Morgan fingerprint density at radius 3 is 2.68 bits per heavy atom. The van der Waals surface area contributed by atoms with Crippen molar-refractivity contribution in [3.8, 4) is 11.1 Å². The molecule has 0 aliphatic carbocycles. The number of para-hydroxylation sites is 1. The van der Waals surface area contributed by atoms with Crippen LogP contribution in [0.5, 0.6) is 0 Å². The molecule has 0 saturated heterocycles. The smallest absolute Gasteiger partial charge is 0.261 e. The number of nitrogens with zero attached hydrogens (tertiary/aromatic N) is 3. The van der Waals surface area contributed by atoms with Crippen LogP contribution >= 0.6 is 0 Å². The highest BCUT2D eigenvalue weighted by atomic mass is 16.5. The van der Waals surface area contributed by atoms with Gasteiger partial charge in [-0.25, -0.2) is 4.98 Å². The molecule has 1 amide bonds. The van der Waals surface area contributed by atoms with Crippen molar-refractivity contribution >= 4 is 22.7 Å². The van der Waals surface area contributed by atoms with E-state index in [-0.39, 0.29) is 24.4 Å². The number of benzene rings is 2. The third-order valence-corrected chi connectivity index (χ3v) is 4.49. The molecule has 2 aromatic carbocycles. The van der Waals surface area contributed by atoms with E-state index in [1.165, 1.54) is 10.9 Å². The highest BCUT2D eigenvalue weighted by molar-refractivity contribution is 5.93. The molecular weight excluding hydrogens is 356 g/mol. The van der Waals surface area contributed by atoms with Gasteiger partial charge in [-0.1, -0.05) is 47.6 Å². The highest BCUT2D eigenvalue weighted by Crippen LogP contribution is 2.31. The Labute approximate surface area is 160 Å². The Kier molecular flexibility index (Phi) is 4.72. The molecule has 0 aliphatic heterocycles. The van der Waals surface area contributed by atoms with E-state index in [0.717, 1.165) is 11.1 Å². The molecule has 0 saturated carbocycles. The Bertz CT molecular complexity index is 1200. The van der Waals surface area contributed by atoms with Gasteiger partial charge in [0.1, 0.15) is 0 Å². The summed E-state index contributed by atoms with van der Waals surface area (Å²) in [5.74, 6) is 0.0334. The lowest BCUT2D eigenvalue weighted by Gasteiger charge is -2.07. The van der Waals surface area contributed by atoms with E-state index < -0.39 is 0 Å². The number of anilines is 1.